The van der Waals surface area contributed by atoms with Crippen LogP contribution in [0.25, 0.3) is 0 Å². The molecule has 0 aliphatic heterocycles. The maximum absolute atomic E-state index is 11.5. The van der Waals surface area contributed by atoms with Crippen LogP contribution in [0.4, 0.5) is 0 Å². The van der Waals surface area contributed by atoms with Crippen molar-refractivity contribution < 1.29 is 9.53 Å². The average Bonchev–Trinajstić information content (AvgIpc) is 2.43. The van der Waals surface area contributed by atoms with Gasteiger partial charge in [-0.2, -0.15) is 0 Å². The molecule has 0 aliphatic carbocycles. The molecule has 3 heteroatoms. The second-order valence-corrected chi connectivity index (χ2v) is 5.49. The first-order chi connectivity index (χ1) is 9.24. The lowest BCUT2D eigenvalue weighted by molar-refractivity contribution is -0.145. The summed E-state index contributed by atoms with van der Waals surface area (Å²) in [7, 11) is 0. The SMILES string of the molecule is C=CC(C=C)OC(=O)CCCCCCCCCCBr. The fraction of sp³-hybridized carbons (Fsp3) is 0.688. The molecule has 0 atom stereocenters. The molecule has 0 saturated carbocycles. The van der Waals surface area contributed by atoms with E-state index in [0.29, 0.717) is 6.42 Å². The predicted molar refractivity (Wildman–Crippen MR) is 85.6 cm³/mol. The highest BCUT2D eigenvalue weighted by Crippen LogP contribution is 2.11. The lowest BCUT2D eigenvalue weighted by Gasteiger charge is -2.09. The minimum absolute atomic E-state index is 0.151. The van der Waals surface area contributed by atoms with E-state index in [-0.39, 0.29) is 12.1 Å². The van der Waals surface area contributed by atoms with Crippen LogP contribution in [0.15, 0.2) is 25.3 Å². The number of hydrogen-bond acceptors (Lipinski definition) is 2. The summed E-state index contributed by atoms with van der Waals surface area (Å²) in [5.74, 6) is -0.151. The molecule has 0 aliphatic rings. The van der Waals surface area contributed by atoms with Crippen molar-refractivity contribution in [3.63, 3.8) is 0 Å². The van der Waals surface area contributed by atoms with Crippen molar-refractivity contribution in [2.45, 2.75) is 63.9 Å². The second kappa shape index (κ2) is 13.9. The van der Waals surface area contributed by atoms with Crippen LogP contribution in [-0.4, -0.2) is 17.4 Å². The van der Waals surface area contributed by atoms with Gasteiger partial charge in [-0.15, -0.1) is 0 Å². The topological polar surface area (TPSA) is 26.3 Å². The third-order valence-corrected chi connectivity index (χ3v) is 3.56. The standard InChI is InChI=1S/C16H27BrO2/c1-3-15(4-2)19-16(18)13-11-9-7-5-6-8-10-12-14-17/h3-4,15H,1-2,5-14H2. The van der Waals surface area contributed by atoms with Crippen LogP contribution in [0.5, 0.6) is 0 Å². The highest BCUT2D eigenvalue weighted by Gasteiger charge is 2.06. The summed E-state index contributed by atoms with van der Waals surface area (Å²) in [6.07, 6.45) is 13.1. The maximum atomic E-state index is 11.5. The molecule has 0 aromatic carbocycles. The Labute approximate surface area is 126 Å². The number of carbonyl (C=O) groups excluding carboxylic acids is 1. The van der Waals surface area contributed by atoms with Gasteiger partial charge in [0.2, 0.25) is 0 Å². The van der Waals surface area contributed by atoms with Gasteiger partial charge in [0.25, 0.3) is 0 Å². The summed E-state index contributed by atoms with van der Waals surface area (Å²) in [5.41, 5.74) is 0. The van der Waals surface area contributed by atoms with E-state index in [1.807, 2.05) is 0 Å². The van der Waals surface area contributed by atoms with Crippen molar-refractivity contribution in [3.05, 3.63) is 25.3 Å². The molecule has 0 unspecified atom stereocenters. The van der Waals surface area contributed by atoms with Crippen LogP contribution < -0.4 is 0 Å². The van der Waals surface area contributed by atoms with E-state index in [0.717, 1.165) is 18.2 Å². The Morgan fingerprint density at radius 1 is 0.947 bits per heavy atom. The zero-order chi connectivity index (χ0) is 14.3. The number of rotatable bonds is 13. The molecule has 0 spiro atoms. The van der Waals surface area contributed by atoms with Crippen molar-refractivity contribution in [1.82, 2.24) is 0 Å². The van der Waals surface area contributed by atoms with Gasteiger partial charge in [-0.25, -0.2) is 0 Å². The van der Waals surface area contributed by atoms with Gasteiger partial charge in [0.05, 0.1) is 0 Å². The lowest BCUT2D eigenvalue weighted by atomic mass is 10.1. The first-order valence-electron chi connectivity index (χ1n) is 7.25. The van der Waals surface area contributed by atoms with E-state index in [9.17, 15) is 4.79 Å². The molecule has 19 heavy (non-hydrogen) atoms. The van der Waals surface area contributed by atoms with Gasteiger partial charge in [0.15, 0.2) is 0 Å². The number of halogens is 1. The highest BCUT2D eigenvalue weighted by molar-refractivity contribution is 9.09. The summed E-state index contributed by atoms with van der Waals surface area (Å²) in [5, 5.41) is 1.12. The largest absolute Gasteiger partial charge is 0.454 e. The Hall–Kier alpha value is -0.570. The van der Waals surface area contributed by atoms with Gasteiger partial charge in [-0.1, -0.05) is 67.6 Å². The zero-order valence-corrected chi connectivity index (χ0v) is 13.5. The van der Waals surface area contributed by atoms with E-state index in [1.54, 1.807) is 12.2 Å². The van der Waals surface area contributed by atoms with Crippen LogP contribution in [0, 0.1) is 0 Å². The van der Waals surface area contributed by atoms with E-state index in [2.05, 4.69) is 29.1 Å². The molecular weight excluding hydrogens is 304 g/mol. The fourth-order valence-electron chi connectivity index (χ4n) is 1.83. The first-order valence-corrected chi connectivity index (χ1v) is 8.37. The van der Waals surface area contributed by atoms with Gasteiger partial charge >= 0.3 is 5.97 Å². The Bertz CT molecular complexity index is 243. The van der Waals surface area contributed by atoms with Crippen LogP contribution >= 0.6 is 15.9 Å². The molecule has 110 valence electrons. The number of carbonyl (C=O) groups is 1. The third kappa shape index (κ3) is 12.2. The smallest absolute Gasteiger partial charge is 0.306 e. The van der Waals surface area contributed by atoms with Crippen LogP contribution in [0.1, 0.15) is 57.8 Å². The van der Waals surface area contributed by atoms with Crippen LogP contribution in [-0.2, 0) is 9.53 Å². The summed E-state index contributed by atoms with van der Waals surface area (Å²) in [6.45, 7) is 7.17. The van der Waals surface area contributed by atoms with Gasteiger partial charge in [-0.3, -0.25) is 4.79 Å². The van der Waals surface area contributed by atoms with Crippen LogP contribution in [0.2, 0.25) is 0 Å². The summed E-state index contributed by atoms with van der Waals surface area (Å²) < 4.78 is 5.14. The van der Waals surface area contributed by atoms with E-state index in [1.165, 1.54) is 38.5 Å². The molecule has 0 aromatic heterocycles. The Morgan fingerprint density at radius 2 is 1.42 bits per heavy atom. The van der Waals surface area contributed by atoms with Crippen molar-refractivity contribution in [3.8, 4) is 0 Å². The van der Waals surface area contributed by atoms with Crippen molar-refractivity contribution in [1.29, 1.82) is 0 Å². The summed E-state index contributed by atoms with van der Waals surface area (Å²) in [4.78, 5) is 11.5. The quantitative estimate of drug-likeness (QED) is 0.201. The Morgan fingerprint density at radius 3 is 1.89 bits per heavy atom. The molecule has 0 N–H and O–H groups in total. The Balaban J connectivity index is 3.31. The van der Waals surface area contributed by atoms with Crippen molar-refractivity contribution in [2.24, 2.45) is 0 Å². The molecule has 0 amide bonds. The predicted octanol–water partition coefficient (Wildman–Crippen LogP) is 5.18. The molecule has 2 nitrogen and oxygen atoms in total. The van der Waals surface area contributed by atoms with Gasteiger partial charge in [-0.05, 0) is 25.0 Å². The van der Waals surface area contributed by atoms with E-state index < -0.39 is 0 Å². The molecule has 0 bridgehead atoms. The van der Waals surface area contributed by atoms with Crippen LogP contribution in [0.3, 0.4) is 0 Å². The normalized spacial score (nSPS) is 10.4. The minimum Gasteiger partial charge on any atom is -0.454 e. The summed E-state index contributed by atoms with van der Waals surface area (Å²) >= 11 is 3.44. The molecule has 0 fully saturated rings. The second-order valence-electron chi connectivity index (χ2n) is 4.69. The first kappa shape index (κ1) is 18.4. The van der Waals surface area contributed by atoms with Gasteiger partial charge < -0.3 is 4.74 Å². The number of hydrogen-bond donors (Lipinski definition) is 0. The molecule has 0 heterocycles. The molecular formula is C16H27BrO2. The highest BCUT2D eigenvalue weighted by atomic mass is 79.9. The number of esters is 1. The van der Waals surface area contributed by atoms with Gasteiger partial charge in [0, 0.05) is 11.8 Å². The molecule has 0 rings (SSSR count). The monoisotopic (exact) mass is 330 g/mol. The third-order valence-electron chi connectivity index (χ3n) is 3.00. The average molecular weight is 331 g/mol. The van der Waals surface area contributed by atoms with Gasteiger partial charge in [0.1, 0.15) is 6.10 Å². The molecule has 0 saturated heterocycles. The summed E-state index contributed by atoms with van der Waals surface area (Å²) in [6, 6.07) is 0. The minimum atomic E-state index is -0.345. The Kier molecular flexibility index (Phi) is 13.4. The van der Waals surface area contributed by atoms with E-state index >= 15 is 0 Å². The van der Waals surface area contributed by atoms with Crippen molar-refractivity contribution in [2.75, 3.05) is 5.33 Å². The van der Waals surface area contributed by atoms with E-state index in [4.69, 9.17) is 4.74 Å². The lowest BCUT2D eigenvalue weighted by Crippen LogP contribution is -2.12. The fourth-order valence-corrected chi connectivity index (χ4v) is 2.22. The number of alkyl halides is 1. The molecule has 0 radical (unpaired) electrons. The van der Waals surface area contributed by atoms with Crippen molar-refractivity contribution >= 4 is 21.9 Å². The number of ether oxygens (including phenoxy) is 1. The number of unbranched alkanes of at least 4 members (excludes halogenated alkanes) is 7. The molecule has 0 aromatic rings. The zero-order valence-electron chi connectivity index (χ0n) is 11.9. The maximum Gasteiger partial charge on any atom is 0.306 e.